The van der Waals surface area contributed by atoms with Gasteiger partial charge < -0.3 is 9.88 Å². The Labute approximate surface area is 142 Å². The van der Waals surface area contributed by atoms with E-state index >= 15 is 0 Å². The lowest BCUT2D eigenvalue weighted by atomic mass is 10.3. The number of para-hydroxylation sites is 1. The van der Waals surface area contributed by atoms with Crippen molar-refractivity contribution in [2.75, 3.05) is 11.1 Å². The Kier molecular flexibility index (Phi) is 6.21. The van der Waals surface area contributed by atoms with E-state index in [1.807, 2.05) is 35.8 Å². The molecule has 1 aromatic carbocycles. The molecule has 22 heavy (non-hydrogen) atoms. The van der Waals surface area contributed by atoms with Crippen LogP contribution in [-0.4, -0.2) is 26.4 Å². The first kappa shape index (κ1) is 16.8. The maximum atomic E-state index is 12.1. The van der Waals surface area contributed by atoms with Crippen LogP contribution < -0.4 is 5.32 Å². The molecule has 0 spiro atoms. The minimum absolute atomic E-state index is 0.0805. The van der Waals surface area contributed by atoms with Crippen LogP contribution in [0.1, 0.15) is 12.7 Å². The van der Waals surface area contributed by atoms with Crippen LogP contribution in [0.15, 0.2) is 46.5 Å². The van der Waals surface area contributed by atoms with Gasteiger partial charge in [0.05, 0.1) is 11.4 Å². The van der Waals surface area contributed by atoms with Crippen molar-refractivity contribution in [3.8, 4) is 0 Å². The number of aromatic nitrogens is 3. The molecule has 1 aromatic heterocycles. The van der Waals surface area contributed by atoms with Crippen LogP contribution >= 0.6 is 27.7 Å². The van der Waals surface area contributed by atoms with Crippen LogP contribution in [0.5, 0.6) is 0 Å². The molecule has 116 valence electrons. The maximum absolute atomic E-state index is 12.1. The fraction of sp³-hybridized carbons (Fsp3) is 0.267. The zero-order valence-corrected chi connectivity index (χ0v) is 14.7. The van der Waals surface area contributed by atoms with Crippen molar-refractivity contribution in [1.29, 1.82) is 0 Å². The maximum Gasteiger partial charge on any atom is 0.234 e. The number of amides is 1. The Morgan fingerprint density at radius 3 is 2.91 bits per heavy atom. The molecule has 0 radical (unpaired) electrons. The molecular formula is C15H17BrN4OS. The lowest BCUT2D eigenvalue weighted by Gasteiger charge is -2.08. The zero-order valence-electron chi connectivity index (χ0n) is 12.3. The molecule has 0 fully saturated rings. The fourth-order valence-corrected chi connectivity index (χ4v) is 3.03. The highest BCUT2D eigenvalue weighted by Gasteiger charge is 2.12. The molecule has 7 heteroatoms. The molecule has 5 nitrogen and oxygen atoms in total. The summed E-state index contributed by atoms with van der Waals surface area (Å²) in [5.74, 6) is 1.09. The predicted molar refractivity (Wildman–Crippen MR) is 93.1 cm³/mol. The second kappa shape index (κ2) is 8.14. The Bertz CT molecular complexity index is 671. The monoisotopic (exact) mass is 380 g/mol. The quantitative estimate of drug-likeness (QED) is 0.589. The molecule has 0 saturated carbocycles. The molecule has 0 atom stereocenters. The van der Waals surface area contributed by atoms with Crippen LogP contribution in [0.2, 0.25) is 0 Å². The lowest BCUT2D eigenvalue weighted by molar-refractivity contribution is -0.113. The Balaban J connectivity index is 1.98. The van der Waals surface area contributed by atoms with Crippen molar-refractivity contribution in [1.82, 2.24) is 14.8 Å². The first-order valence-corrected chi connectivity index (χ1v) is 8.63. The van der Waals surface area contributed by atoms with Gasteiger partial charge in [-0.05, 0) is 28.1 Å². The van der Waals surface area contributed by atoms with Crippen molar-refractivity contribution in [3.05, 3.63) is 47.2 Å². The Hall–Kier alpha value is -1.60. The second-order valence-corrected chi connectivity index (χ2v) is 6.27. The molecule has 1 heterocycles. The second-order valence-electron chi connectivity index (χ2n) is 4.47. The number of rotatable bonds is 7. The van der Waals surface area contributed by atoms with E-state index in [2.05, 4.69) is 38.0 Å². The van der Waals surface area contributed by atoms with E-state index in [0.717, 1.165) is 27.6 Å². The average Bonchev–Trinajstić information content (AvgIpc) is 2.90. The molecule has 2 aromatic rings. The third kappa shape index (κ3) is 4.20. The summed E-state index contributed by atoms with van der Waals surface area (Å²) in [4.78, 5) is 12.1. The molecule has 0 aliphatic rings. The summed E-state index contributed by atoms with van der Waals surface area (Å²) < 4.78 is 2.83. The molecular weight excluding hydrogens is 364 g/mol. The number of nitrogens with zero attached hydrogens (tertiary/aromatic N) is 3. The number of allylic oxidation sites excluding steroid dienone is 1. The van der Waals surface area contributed by atoms with Crippen molar-refractivity contribution in [2.24, 2.45) is 0 Å². The first-order chi connectivity index (χ1) is 10.7. The Morgan fingerprint density at radius 2 is 2.23 bits per heavy atom. The van der Waals surface area contributed by atoms with E-state index < -0.39 is 0 Å². The molecule has 1 N–H and O–H groups in total. The van der Waals surface area contributed by atoms with E-state index in [4.69, 9.17) is 0 Å². The van der Waals surface area contributed by atoms with Gasteiger partial charge in [0.1, 0.15) is 5.82 Å². The number of carbonyl (C=O) groups is 1. The fourth-order valence-electron chi connectivity index (χ4n) is 1.88. The average molecular weight is 381 g/mol. The minimum atomic E-state index is -0.0805. The highest BCUT2D eigenvalue weighted by molar-refractivity contribution is 9.10. The summed E-state index contributed by atoms with van der Waals surface area (Å²) in [5.41, 5.74) is 0.759. The molecule has 2 rings (SSSR count). The number of carbonyl (C=O) groups excluding carboxylic acids is 1. The molecule has 0 bridgehead atoms. The number of benzene rings is 1. The van der Waals surface area contributed by atoms with Gasteiger partial charge in [-0.15, -0.1) is 16.8 Å². The smallest absolute Gasteiger partial charge is 0.234 e. The van der Waals surface area contributed by atoms with Crippen LogP contribution in [-0.2, 0) is 17.8 Å². The summed E-state index contributed by atoms with van der Waals surface area (Å²) in [6.07, 6.45) is 2.60. The van der Waals surface area contributed by atoms with Crippen molar-refractivity contribution >= 4 is 39.3 Å². The number of thioether (sulfide) groups is 1. The van der Waals surface area contributed by atoms with Gasteiger partial charge in [0.25, 0.3) is 0 Å². The predicted octanol–water partition coefficient (Wildman–Crippen LogP) is 3.52. The first-order valence-electron chi connectivity index (χ1n) is 6.85. The van der Waals surface area contributed by atoms with Crippen molar-refractivity contribution in [3.63, 3.8) is 0 Å². The topological polar surface area (TPSA) is 59.8 Å². The van der Waals surface area contributed by atoms with E-state index in [-0.39, 0.29) is 11.7 Å². The standard InChI is InChI=1S/C15H17BrN4OS/c1-3-9-20-13(4-2)18-19-15(20)22-10-14(21)17-12-8-6-5-7-11(12)16/h3,5-8H,1,4,9-10H2,2H3,(H,17,21). The van der Waals surface area contributed by atoms with Crippen LogP contribution in [0.3, 0.4) is 0 Å². The largest absolute Gasteiger partial charge is 0.324 e. The molecule has 0 aliphatic carbocycles. The summed E-state index contributed by atoms with van der Waals surface area (Å²) in [7, 11) is 0. The highest BCUT2D eigenvalue weighted by Crippen LogP contribution is 2.22. The molecule has 0 saturated heterocycles. The van der Waals surface area contributed by atoms with Gasteiger partial charge in [0, 0.05) is 17.4 Å². The SMILES string of the molecule is C=CCn1c(CC)nnc1SCC(=O)Nc1ccccc1Br. The number of aryl methyl sites for hydroxylation is 1. The number of anilines is 1. The third-order valence-electron chi connectivity index (χ3n) is 2.90. The number of hydrogen-bond donors (Lipinski definition) is 1. The normalized spacial score (nSPS) is 10.5. The van der Waals surface area contributed by atoms with Crippen LogP contribution in [0.4, 0.5) is 5.69 Å². The van der Waals surface area contributed by atoms with E-state index in [9.17, 15) is 4.79 Å². The number of nitrogens with one attached hydrogen (secondary N) is 1. The summed E-state index contributed by atoms with van der Waals surface area (Å²) in [5, 5.41) is 11.9. The van der Waals surface area contributed by atoms with Crippen molar-refractivity contribution < 1.29 is 4.79 Å². The lowest BCUT2D eigenvalue weighted by Crippen LogP contribution is -2.15. The minimum Gasteiger partial charge on any atom is -0.324 e. The summed E-state index contributed by atoms with van der Waals surface area (Å²) >= 11 is 4.78. The van der Waals surface area contributed by atoms with Crippen LogP contribution in [0, 0.1) is 0 Å². The van der Waals surface area contributed by atoms with Gasteiger partial charge in [-0.1, -0.05) is 36.9 Å². The van der Waals surface area contributed by atoms with E-state index in [1.165, 1.54) is 11.8 Å². The van der Waals surface area contributed by atoms with Gasteiger partial charge in [0.15, 0.2) is 5.16 Å². The van der Waals surface area contributed by atoms with Gasteiger partial charge in [-0.3, -0.25) is 4.79 Å². The third-order valence-corrected chi connectivity index (χ3v) is 4.56. The molecule has 0 aliphatic heterocycles. The van der Waals surface area contributed by atoms with E-state index in [0.29, 0.717) is 6.54 Å². The number of halogens is 1. The van der Waals surface area contributed by atoms with Gasteiger partial charge >= 0.3 is 0 Å². The van der Waals surface area contributed by atoms with Gasteiger partial charge in [-0.2, -0.15) is 0 Å². The zero-order chi connectivity index (χ0) is 15.9. The summed E-state index contributed by atoms with van der Waals surface area (Å²) in [6, 6.07) is 7.51. The molecule has 0 unspecified atom stereocenters. The van der Waals surface area contributed by atoms with Gasteiger partial charge in [0.2, 0.25) is 5.91 Å². The van der Waals surface area contributed by atoms with Gasteiger partial charge in [-0.25, -0.2) is 0 Å². The molecule has 1 amide bonds. The summed E-state index contributed by atoms with van der Waals surface area (Å²) in [6.45, 7) is 6.41. The number of hydrogen-bond acceptors (Lipinski definition) is 4. The van der Waals surface area contributed by atoms with Crippen LogP contribution in [0.25, 0.3) is 0 Å². The van der Waals surface area contributed by atoms with E-state index in [1.54, 1.807) is 6.08 Å². The Morgan fingerprint density at radius 1 is 1.45 bits per heavy atom. The van der Waals surface area contributed by atoms with Crippen molar-refractivity contribution in [2.45, 2.75) is 25.0 Å². The highest BCUT2D eigenvalue weighted by atomic mass is 79.9.